The van der Waals surface area contributed by atoms with Crippen LogP contribution in [0.25, 0.3) is 0 Å². The van der Waals surface area contributed by atoms with Gasteiger partial charge in [-0.3, -0.25) is 9.59 Å². The number of hydrogen-bond donors (Lipinski definition) is 0. The second kappa shape index (κ2) is 8.78. The average Bonchev–Trinajstić information content (AvgIpc) is 3.13. The molecular formula is C20H17FN2O3S. The highest BCUT2D eigenvalue weighted by Crippen LogP contribution is 2.28. The van der Waals surface area contributed by atoms with Crippen molar-refractivity contribution in [2.24, 2.45) is 0 Å². The Bertz CT molecular complexity index is 907. The molecule has 0 amide bonds. The first kappa shape index (κ1) is 19.1. The molecular weight excluding hydrogens is 367 g/mol. The molecule has 0 bridgehead atoms. The molecule has 1 aromatic carbocycles. The summed E-state index contributed by atoms with van der Waals surface area (Å²) in [7, 11) is 0. The molecule has 1 aliphatic rings. The Morgan fingerprint density at radius 2 is 2.04 bits per heavy atom. The zero-order valence-corrected chi connectivity index (χ0v) is 15.4. The van der Waals surface area contributed by atoms with Gasteiger partial charge in [-0.15, -0.1) is 11.8 Å². The standard InChI is InChI=1S/C20H17FN2O3S/c21-16-6-4-13(5-7-16)18(24)12-26-19(25)8-9-27-20-15(11-22)10-14-2-1-3-17(14)23-20/h4-7,10H,1-3,8-9,12H2. The van der Waals surface area contributed by atoms with E-state index in [-0.39, 0.29) is 18.8 Å². The third-order valence-corrected chi connectivity index (χ3v) is 5.20. The Morgan fingerprint density at radius 3 is 2.78 bits per heavy atom. The van der Waals surface area contributed by atoms with Gasteiger partial charge in [-0.2, -0.15) is 5.26 Å². The largest absolute Gasteiger partial charge is 0.457 e. The van der Waals surface area contributed by atoms with Gasteiger partial charge in [-0.1, -0.05) is 0 Å². The number of benzene rings is 1. The lowest BCUT2D eigenvalue weighted by molar-refractivity contribution is -0.141. The molecule has 0 N–H and O–H groups in total. The van der Waals surface area contributed by atoms with Gasteiger partial charge in [0.05, 0.1) is 12.0 Å². The number of Topliss-reactive ketones (excluding diaryl/α,β-unsaturated/α-hetero) is 1. The van der Waals surface area contributed by atoms with Crippen LogP contribution in [-0.2, 0) is 22.4 Å². The monoisotopic (exact) mass is 384 g/mol. The number of nitriles is 1. The zero-order valence-electron chi connectivity index (χ0n) is 14.5. The van der Waals surface area contributed by atoms with Crippen LogP contribution >= 0.6 is 11.8 Å². The molecule has 5 nitrogen and oxygen atoms in total. The lowest BCUT2D eigenvalue weighted by Crippen LogP contribution is -2.14. The number of rotatable bonds is 7. The Kier molecular flexibility index (Phi) is 6.20. The van der Waals surface area contributed by atoms with Gasteiger partial charge in [-0.05, 0) is 55.2 Å². The van der Waals surface area contributed by atoms with E-state index >= 15 is 0 Å². The Balaban J connectivity index is 1.47. The molecule has 0 fully saturated rings. The maximum absolute atomic E-state index is 12.8. The van der Waals surface area contributed by atoms with Crippen molar-refractivity contribution in [3.8, 4) is 6.07 Å². The molecule has 3 rings (SSSR count). The summed E-state index contributed by atoms with van der Waals surface area (Å²) < 4.78 is 17.8. The van der Waals surface area contributed by atoms with E-state index in [0.29, 0.717) is 21.9 Å². The van der Waals surface area contributed by atoms with Crippen LogP contribution in [0.2, 0.25) is 0 Å². The van der Waals surface area contributed by atoms with Crippen LogP contribution in [0.15, 0.2) is 35.4 Å². The number of aryl methyl sites for hydroxylation is 2. The van der Waals surface area contributed by atoms with Gasteiger partial charge in [0, 0.05) is 17.0 Å². The average molecular weight is 384 g/mol. The number of hydrogen-bond acceptors (Lipinski definition) is 6. The van der Waals surface area contributed by atoms with Gasteiger partial charge in [0.25, 0.3) is 0 Å². The Morgan fingerprint density at radius 1 is 1.26 bits per heavy atom. The molecule has 7 heteroatoms. The quantitative estimate of drug-likeness (QED) is 0.413. The summed E-state index contributed by atoms with van der Waals surface area (Å²) in [6.45, 7) is -0.379. The molecule has 1 heterocycles. The van der Waals surface area contributed by atoms with Crippen LogP contribution in [0.4, 0.5) is 4.39 Å². The number of fused-ring (bicyclic) bond motifs is 1. The fourth-order valence-corrected chi connectivity index (χ4v) is 3.71. The minimum Gasteiger partial charge on any atom is -0.457 e. The summed E-state index contributed by atoms with van der Waals surface area (Å²) in [6, 6.07) is 9.11. The fourth-order valence-electron chi connectivity index (χ4n) is 2.81. The minimum absolute atomic E-state index is 0.102. The van der Waals surface area contributed by atoms with Crippen molar-refractivity contribution in [2.75, 3.05) is 12.4 Å². The first-order valence-electron chi connectivity index (χ1n) is 8.57. The van der Waals surface area contributed by atoms with Crippen molar-refractivity contribution in [1.29, 1.82) is 5.26 Å². The van der Waals surface area contributed by atoms with Gasteiger partial charge in [-0.25, -0.2) is 9.37 Å². The van der Waals surface area contributed by atoms with E-state index < -0.39 is 11.8 Å². The third-order valence-electron chi connectivity index (χ3n) is 4.21. The van der Waals surface area contributed by atoms with Crippen LogP contribution < -0.4 is 0 Å². The van der Waals surface area contributed by atoms with Crippen molar-refractivity contribution in [2.45, 2.75) is 30.7 Å². The summed E-state index contributed by atoms with van der Waals surface area (Å²) in [5, 5.41) is 9.91. The zero-order chi connectivity index (χ0) is 19.2. The van der Waals surface area contributed by atoms with Crippen LogP contribution in [0.5, 0.6) is 0 Å². The predicted molar refractivity (Wildman–Crippen MR) is 98.0 cm³/mol. The van der Waals surface area contributed by atoms with Crippen LogP contribution in [0, 0.1) is 17.1 Å². The number of thioether (sulfide) groups is 1. The molecule has 0 aliphatic heterocycles. The fraction of sp³-hybridized carbons (Fsp3) is 0.300. The van der Waals surface area contributed by atoms with Gasteiger partial charge in [0.1, 0.15) is 16.9 Å². The van der Waals surface area contributed by atoms with E-state index in [4.69, 9.17) is 4.74 Å². The van der Waals surface area contributed by atoms with Crippen molar-refractivity contribution in [3.05, 3.63) is 58.5 Å². The van der Waals surface area contributed by atoms with Gasteiger partial charge >= 0.3 is 5.97 Å². The van der Waals surface area contributed by atoms with E-state index in [1.54, 1.807) is 0 Å². The summed E-state index contributed by atoms with van der Waals surface area (Å²) in [5.74, 6) is -0.914. The van der Waals surface area contributed by atoms with Gasteiger partial charge < -0.3 is 4.74 Å². The van der Waals surface area contributed by atoms with E-state index in [1.165, 1.54) is 36.0 Å². The predicted octanol–water partition coefficient (Wildman–Crippen LogP) is 3.49. The summed E-state index contributed by atoms with van der Waals surface area (Å²) in [5.41, 5.74) is 2.98. The van der Waals surface area contributed by atoms with Crippen LogP contribution in [-0.4, -0.2) is 29.1 Å². The normalized spacial score (nSPS) is 12.3. The van der Waals surface area contributed by atoms with Crippen LogP contribution in [0.3, 0.4) is 0 Å². The Hall–Kier alpha value is -2.72. The smallest absolute Gasteiger partial charge is 0.307 e. The van der Waals surface area contributed by atoms with Gasteiger partial charge in [0.2, 0.25) is 0 Å². The van der Waals surface area contributed by atoms with Crippen molar-refractivity contribution in [3.63, 3.8) is 0 Å². The van der Waals surface area contributed by atoms with Crippen LogP contribution in [0.1, 0.15) is 40.0 Å². The highest BCUT2D eigenvalue weighted by atomic mass is 32.2. The number of halogens is 1. The lowest BCUT2D eigenvalue weighted by Gasteiger charge is -2.07. The number of carbonyl (C=O) groups excluding carboxylic acids is 2. The summed E-state index contributed by atoms with van der Waals surface area (Å²) >= 11 is 1.34. The molecule has 0 saturated carbocycles. The number of pyridine rings is 1. The van der Waals surface area contributed by atoms with E-state index in [2.05, 4.69) is 11.1 Å². The number of ether oxygens (including phenoxy) is 1. The molecule has 0 spiro atoms. The molecule has 0 saturated heterocycles. The molecule has 0 unspecified atom stereocenters. The number of nitrogens with zero attached hydrogens (tertiary/aromatic N) is 2. The first-order chi connectivity index (χ1) is 13.1. The highest BCUT2D eigenvalue weighted by molar-refractivity contribution is 7.99. The van der Waals surface area contributed by atoms with Crippen molar-refractivity contribution >= 4 is 23.5 Å². The molecule has 27 heavy (non-hydrogen) atoms. The molecule has 1 aromatic heterocycles. The van der Waals surface area contributed by atoms with E-state index in [0.717, 1.165) is 30.5 Å². The summed E-state index contributed by atoms with van der Waals surface area (Å²) in [4.78, 5) is 28.3. The van der Waals surface area contributed by atoms with E-state index in [9.17, 15) is 19.2 Å². The lowest BCUT2D eigenvalue weighted by atomic mass is 10.1. The number of carbonyl (C=O) groups is 2. The number of aromatic nitrogens is 1. The second-order valence-corrected chi connectivity index (χ2v) is 7.19. The van der Waals surface area contributed by atoms with Crippen molar-refractivity contribution in [1.82, 2.24) is 4.98 Å². The highest BCUT2D eigenvalue weighted by Gasteiger charge is 2.17. The first-order valence-corrected chi connectivity index (χ1v) is 9.55. The number of ketones is 1. The topological polar surface area (TPSA) is 80.1 Å². The number of esters is 1. The molecule has 0 atom stereocenters. The van der Waals surface area contributed by atoms with E-state index in [1.807, 2.05) is 6.07 Å². The molecule has 0 radical (unpaired) electrons. The van der Waals surface area contributed by atoms with Crippen molar-refractivity contribution < 1.29 is 18.7 Å². The molecule has 2 aromatic rings. The second-order valence-electron chi connectivity index (χ2n) is 6.10. The minimum atomic E-state index is -0.502. The molecule has 1 aliphatic carbocycles. The summed E-state index contributed by atoms with van der Waals surface area (Å²) in [6.07, 6.45) is 3.03. The van der Waals surface area contributed by atoms with Gasteiger partial charge in [0.15, 0.2) is 12.4 Å². The maximum atomic E-state index is 12.8. The third kappa shape index (κ3) is 4.92. The Labute approximate surface area is 160 Å². The maximum Gasteiger partial charge on any atom is 0.307 e. The SMILES string of the molecule is N#Cc1cc2c(nc1SCCC(=O)OCC(=O)c1ccc(F)cc1)CCC2. The molecule has 138 valence electrons.